The van der Waals surface area contributed by atoms with E-state index in [2.05, 4.69) is 20.3 Å². The highest BCUT2D eigenvalue weighted by Crippen LogP contribution is 2.40. The zero-order valence-corrected chi connectivity index (χ0v) is 15.0. The summed E-state index contributed by atoms with van der Waals surface area (Å²) in [6, 6.07) is 5.78. The molecule has 1 aliphatic rings. The van der Waals surface area contributed by atoms with Crippen molar-refractivity contribution >= 4 is 29.1 Å². The van der Waals surface area contributed by atoms with E-state index in [0.717, 1.165) is 17.7 Å². The Morgan fingerprint density at radius 3 is 2.88 bits per heavy atom. The SMILES string of the molecule is Cc1nonc1C(C)(O)c1ccc2c(c1)N(c1nc(N)ncc1Cl)CC2. The van der Waals surface area contributed by atoms with E-state index in [4.69, 9.17) is 22.0 Å². The normalized spacial score (nSPS) is 15.8. The summed E-state index contributed by atoms with van der Waals surface area (Å²) in [7, 11) is 0. The van der Waals surface area contributed by atoms with Crippen LogP contribution < -0.4 is 10.6 Å². The molecule has 3 heterocycles. The van der Waals surface area contributed by atoms with Crippen LogP contribution in [0.25, 0.3) is 0 Å². The van der Waals surface area contributed by atoms with E-state index < -0.39 is 5.60 Å². The molecule has 1 unspecified atom stereocenters. The van der Waals surface area contributed by atoms with Crippen LogP contribution in [0.15, 0.2) is 29.0 Å². The molecule has 9 heteroatoms. The maximum absolute atomic E-state index is 11.1. The van der Waals surface area contributed by atoms with E-state index in [1.54, 1.807) is 13.8 Å². The number of rotatable bonds is 3. The first-order valence-corrected chi connectivity index (χ1v) is 8.46. The van der Waals surface area contributed by atoms with Crippen LogP contribution in [0.5, 0.6) is 0 Å². The zero-order chi connectivity index (χ0) is 18.5. The fourth-order valence-corrected chi connectivity index (χ4v) is 3.47. The summed E-state index contributed by atoms with van der Waals surface area (Å²) in [5.74, 6) is 0.708. The molecule has 8 nitrogen and oxygen atoms in total. The molecule has 1 atom stereocenters. The minimum absolute atomic E-state index is 0.158. The highest BCUT2D eigenvalue weighted by molar-refractivity contribution is 6.33. The molecular weight excluding hydrogens is 356 g/mol. The van der Waals surface area contributed by atoms with Crippen LogP contribution in [-0.2, 0) is 12.0 Å². The summed E-state index contributed by atoms with van der Waals surface area (Å²) >= 11 is 6.27. The molecule has 0 bridgehead atoms. The molecular formula is C17H17ClN6O2. The highest BCUT2D eigenvalue weighted by atomic mass is 35.5. The van der Waals surface area contributed by atoms with E-state index in [0.29, 0.717) is 34.3 Å². The molecule has 3 aromatic rings. The Bertz CT molecular complexity index is 987. The minimum Gasteiger partial charge on any atom is -0.379 e. The molecule has 0 fully saturated rings. The van der Waals surface area contributed by atoms with Gasteiger partial charge in [-0.15, -0.1) is 0 Å². The van der Waals surface area contributed by atoms with E-state index >= 15 is 0 Å². The fourth-order valence-electron chi connectivity index (χ4n) is 3.27. The Morgan fingerprint density at radius 1 is 1.35 bits per heavy atom. The first-order valence-electron chi connectivity index (χ1n) is 8.09. The quantitative estimate of drug-likeness (QED) is 0.720. The van der Waals surface area contributed by atoms with Crippen molar-refractivity contribution in [2.75, 3.05) is 17.2 Å². The summed E-state index contributed by atoms with van der Waals surface area (Å²) in [6.07, 6.45) is 2.32. The highest BCUT2D eigenvalue weighted by Gasteiger charge is 2.34. The lowest BCUT2D eigenvalue weighted by Gasteiger charge is -2.24. The lowest BCUT2D eigenvalue weighted by atomic mass is 9.90. The summed E-state index contributed by atoms with van der Waals surface area (Å²) < 4.78 is 4.75. The number of anilines is 3. The Hall–Kier alpha value is -2.71. The van der Waals surface area contributed by atoms with Crippen molar-refractivity contribution in [1.82, 2.24) is 20.3 Å². The number of nitrogen functional groups attached to an aromatic ring is 1. The van der Waals surface area contributed by atoms with E-state index in [1.165, 1.54) is 6.20 Å². The molecule has 26 heavy (non-hydrogen) atoms. The molecule has 4 rings (SSSR count). The van der Waals surface area contributed by atoms with Gasteiger partial charge in [0.1, 0.15) is 22.0 Å². The van der Waals surface area contributed by atoms with Crippen LogP contribution in [0.4, 0.5) is 17.5 Å². The van der Waals surface area contributed by atoms with Crippen LogP contribution in [0.1, 0.15) is 29.4 Å². The monoisotopic (exact) mass is 372 g/mol. The maximum atomic E-state index is 11.1. The Balaban J connectivity index is 1.80. The number of benzene rings is 1. The van der Waals surface area contributed by atoms with Gasteiger partial charge in [-0.2, -0.15) is 4.98 Å². The Kier molecular flexibility index (Phi) is 3.82. The van der Waals surface area contributed by atoms with Crippen LogP contribution in [-0.4, -0.2) is 31.9 Å². The average Bonchev–Trinajstić information content (AvgIpc) is 3.23. The van der Waals surface area contributed by atoms with Gasteiger partial charge in [0.05, 0.1) is 6.20 Å². The van der Waals surface area contributed by atoms with Gasteiger partial charge in [-0.05, 0) is 37.5 Å². The number of aryl methyl sites for hydroxylation is 1. The topological polar surface area (TPSA) is 114 Å². The smallest absolute Gasteiger partial charge is 0.222 e. The number of fused-ring (bicyclic) bond motifs is 1. The first kappa shape index (κ1) is 16.7. The van der Waals surface area contributed by atoms with Gasteiger partial charge in [-0.3, -0.25) is 0 Å². The number of hydrogen-bond donors (Lipinski definition) is 2. The predicted octanol–water partition coefficient (Wildman–Crippen LogP) is 2.35. The number of aliphatic hydroxyl groups is 1. The lowest BCUT2D eigenvalue weighted by Crippen LogP contribution is -2.25. The minimum atomic E-state index is -1.35. The predicted molar refractivity (Wildman–Crippen MR) is 96.3 cm³/mol. The summed E-state index contributed by atoms with van der Waals surface area (Å²) in [5.41, 5.74) is 8.01. The largest absolute Gasteiger partial charge is 0.379 e. The molecule has 0 radical (unpaired) electrons. The lowest BCUT2D eigenvalue weighted by molar-refractivity contribution is 0.0921. The molecule has 2 aromatic heterocycles. The number of nitrogens with zero attached hydrogens (tertiary/aromatic N) is 5. The second kappa shape index (κ2) is 5.93. The van der Waals surface area contributed by atoms with Crippen molar-refractivity contribution in [2.24, 2.45) is 0 Å². The van der Waals surface area contributed by atoms with Gasteiger partial charge in [0, 0.05) is 12.2 Å². The van der Waals surface area contributed by atoms with Crippen molar-refractivity contribution in [3.05, 3.63) is 51.9 Å². The van der Waals surface area contributed by atoms with Gasteiger partial charge in [-0.25, -0.2) is 9.61 Å². The van der Waals surface area contributed by atoms with E-state index in [9.17, 15) is 5.11 Å². The molecule has 1 aliphatic heterocycles. The van der Waals surface area contributed by atoms with Gasteiger partial charge >= 0.3 is 0 Å². The molecule has 1 aromatic carbocycles. The zero-order valence-electron chi connectivity index (χ0n) is 14.3. The summed E-state index contributed by atoms with van der Waals surface area (Å²) in [6.45, 7) is 4.11. The molecule has 0 saturated heterocycles. The third-order valence-electron chi connectivity index (χ3n) is 4.66. The number of nitrogens with two attached hydrogens (primary N) is 1. The van der Waals surface area contributed by atoms with Crippen molar-refractivity contribution in [2.45, 2.75) is 25.9 Å². The van der Waals surface area contributed by atoms with Gasteiger partial charge in [0.2, 0.25) is 5.95 Å². The summed E-state index contributed by atoms with van der Waals surface area (Å²) in [5, 5.41) is 19.1. The fraction of sp³-hybridized carbons (Fsp3) is 0.294. The van der Waals surface area contributed by atoms with Crippen LogP contribution in [0.3, 0.4) is 0 Å². The van der Waals surface area contributed by atoms with E-state index in [1.807, 2.05) is 23.1 Å². The number of aromatic nitrogens is 4. The molecule has 0 aliphatic carbocycles. The number of halogens is 1. The molecule has 0 spiro atoms. The first-order chi connectivity index (χ1) is 12.4. The van der Waals surface area contributed by atoms with E-state index in [-0.39, 0.29) is 5.95 Å². The van der Waals surface area contributed by atoms with Crippen LogP contribution in [0.2, 0.25) is 5.02 Å². The van der Waals surface area contributed by atoms with Gasteiger partial charge in [0.25, 0.3) is 0 Å². The number of hydrogen-bond acceptors (Lipinski definition) is 8. The van der Waals surface area contributed by atoms with Crippen molar-refractivity contribution < 1.29 is 9.74 Å². The molecule has 3 N–H and O–H groups in total. The second-order valence-corrected chi connectivity index (χ2v) is 6.82. The van der Waals surface area contributed by atoms with Crippen molar-refractivity contribution in [1.29, 1.82) is 0 Å². The molecule has 134 valence electrons. The van der Waals surface area contributed by atoms with Crippen molar-refractivity contribution in [3.8, 4) is 0 Å². The van der Waals surface area contributed by atoms with Gasteiger partial charge in [-0.1, -0.05) is 34.0 Å². The molecule has 0 amide bonds. The second-order valence-electron chi connectivity index (χ2n) is 6.42. The Morgan fingerprint density at radius 2 is 2.15 bits per heavy atom. The van der Waals surface area contributed by atoms with Gasteiger partial charge in [0.15, 0.2) is 5.82 Å². The third-order valence-corrected chi connectivity index (χ3v) is 4.92. The standard InChI is InChI=1S/C17H17ClN6O2/c1-9-14(23-26-22-9)17(2,25)11-4-3-10-5-6-24(13(10)7-11)15-12(18)8-20-16(19)21-15/h3-4,7-8,25H,5-6H2,1-2H3,(H2,19,20,21). The average molecular weight is 373 g/mol. The van der Waals surface area contributed by atoms with Crippen molar-refractivity contribution in [3.63, 3.8) is 0 Å². The van der Waals surface area contributed by atoms with Gasteiger partial charge < -0.3 is 15.7 Å². The van der Waals surface area contributed by atoms with Crippen LogP contribution >= 0.6 is 11.6 Å². The van der Waals surface area contributed by atoms with Crippen LogP contribution in [0, 0.1) is 6.92 Å². The molecule has 0 saturated carbocycles. The summed E-state index contributed by atoms with van der Waals surface area (Å²) in [4.78, 5) is 10.2. The maximum Gasteiger partial charge on any atom is 0.222 e. The Labute approximate surface area is 154 Å². The third kappa shape index (κ3) is 2.58.